The van der Waals surface area contributed by atoms with Crippen molar-refractivity contribution in [3.63, 3.8) is 0 Å². The van der Waals surface area contributed by atoms with Crippen LogP contribution in [-0.4, -0.2) is 71.3 Å². The van der Waals surface area contributed by atoms with Gasteiger partial charge in [-0.3, -0.25) is 14.4 Å². The summed E-state index contributed by atoms with van der Waals surface area (Å²) in [5.41, 5.74) is 0.571. The van der Waals surface area contributed by atoms with E-state index in [4.69, 9.17) is 0 Å². The van der Waals surface area contributed by atoms with Gasteiger partial charge >= 0.3 is 5.97 Å². The molecule has 0 aromatic heterocycles. The molecule has 0 aliphatic rings. The summed E-state index contributed by atoms with van der Waals surface area (Å²) in [6, 6.07) is 5.10. The van der Waals surface area contributed by atoms with Crippen molar-refractivity contribution in [3.8, 4) is 0 Å². The predicted octanol–water partition coefficient (Wildman–Crippen LogP) is 0.830. The average molecular weight is 363 g/mol. The van der Waals surface area contributed by atoms with Crippen molar-refractivity contribution >= 4 is 23.7 Å². The van der Waals surface area contributed by atoms with E-state index in [1.807, 2.05) is 6.92 Å². The van der Waals surface area contributed by atoms with E-state index >= 15 is 0 Å². The topological polar surface area (TPSA) is 107 Å². The molecule has 2 N–H and O–H groups in total. The second-order valence-electron chi connectivity index (χ2n) is 5.90. The number of rotatable bonds is 8. The van der Waals surface area contributed by atoms with E-state index in [-0.39, 0.29) is 30.5 Å². The molecule has 1 aromatic carbocycles. The highest BCUT2D eigenvalue weighted by Crippen LogP contribution is 2.13. The van der Waals surface area contributed by atoms with Crippen LogP contribution >= 0.6 is 0 Å². The Morgan fingerprint density at radius 1 is 1.15 bits per heavy atom. The maximum Gasteiger partial charge on any atom is 0.326 e. The van der Waals surface area contributed by atoms with Crippen LogP contribution in [0.5, 0.6) is 0 Å². The highest BCUT2D eigenvalue weighted by molar-refractivity contribution is 6.00. The second kappa shape index (κ2) is 9.55. The van der Waals surface area contributed by atoms with Gasteiger partial charge in [-0.1, -0.05) is 6.07 Å². The van der Waals surface area contributed by atoms with Crippen LogP contribution in [0.3, 0.4) is 0 Å². The molecule has 26 heavy (non-hydrogen) atoms. The minimum atomic E-state index is -1.15. The first-order valence-electron chi connectivity index (χ1n) is 8.32. The fourth-order valence-corrected chi connectivity index (χ4v) is 2.27. The molecule has 0 aliphatic heterocycles. The molecule has 0 radical (unpaired) electrons. The third-order valence-electron chi connectivity index (χ3n) is 3.99. The summed E-state index contributed by atoms with van der Waals surface area (Å²) >= 11 is 0. The van der Waals surface area contributed by atoms with Gasteiger partial charge < -0.3 is 20.2 Å². The standard InChI is InChI=1S/C18H25N3O5/c1-5-20(4)16(23)14-7-6-8-15(11-14)17(24)21(12(2)18(25)26)10-9-19-13(3)22/h6-8,11-12H,5,9-10H2,1-4H3,(H,19,22)(H,25,26). The molecule has 1 atom stereocenters. The lowest BCUT2D eigenvalue weighted by molar-refractivity contribution is -0.141. The van der Waals surface area contributed by atoms with Crippen LogP contribution in [0, 0.1) is 0 Å². The molecule has 3 amide bonds. The number of hydrogen-bond donors (Lipinski definition) is 2. The molecule has 1 unspecified atom stereocenters. The van der Waals surface area contributed by atoms with Gasteiger partial charge in [0.2, 0.25) is 5.91 Å². The summed E-state index contributed by atoms with van der Waals surface area (Å²) in [5.74, 6) is -2.16. The second-order valence-corrected chi connectivity index (χ2v) is 5.90. The van der Waals surface area contributed by atoms with Gasteiger partial charge in [0, 0.05) is 44.7 Å². The molecule has 1 aromatic rings. The quantitative estimate of drug-likeness (QED) is 0.711. The molecular weight excluding hydrogens is 338 g/mol. The normalized spacial score (nSPS) is 11.4. The van der Waals surface area contributed by atoms with Crippen molar-refractivity contribution in [3.05, 3.63) is 35.4 Å². The zero-order valence-corrected chi connectivity index (χ0v) is 15.5. The first kappa shape index (κ1) is 21.1. The summed E-state index contributed by atoms with van der Waals surface area (Å²) in [4.78, 5) is 50.1. The Bertz CT molecular complexity index is 689. The average Bonchev–Trinajstić information content (AvgIpc) is 2.62. The summed E-state index contributed by atoms with van der Waals surface area (Å²) < 4.78 is 0. The molecule has 0 bridgehead atoms. The summed E-state index contributed by atoms with van der Waals surface area (Å²) in [6.45, 7) is 5.27. The zero-order valence-electron chi connectivity index (χ0n) is 15.5. The number of nitrogens with zero attached hydrogens (tertiary/aromatic N) is 2. The Kier molecular flexibility index (Phi) is 7.77. The minimum absolute atomic E-state index is 0.0406. The Labute approximate surface area is 152 Å². The van der Waals surface area contributed by atoms with E-state index < -0.39 is 17.9 Å². The minimum Gasteiger partial charge on any atom is -0.480 e. The number of nitrogens with one attached hydrogen (secondary N) is 1. The molecule has 0 saturated heterocycles. The lowest BCUT2D eigenvalue weighted by Gasteiger charge is -2.27. The predicted molar refractivity (Wildman–Crippen MR) is 95.9 cm³/mol. The summed E-state index contributed by atoms with van der Waals surface area (Å²) in [6.07, 6.45) is 0. The number of carbonyl (C=O) groups excluding carboxylic acids is 3. The lowest BCUT2D eigenvalue weighted by Crippen LogP contribution is -2.46. The number of benzene rings is 1. The SMILES string of the molecule is CCN(C)C(=O)c1cccc(C(=O)N(CCNC(C)=O)C(C)C(=O)O)c1. The molecule has 0 saturated carbocycles. The van der Waals surface area contributed by atoms with Crippen LogP contribution in [0.15, 0.2) is 24.3 Å². The molecule has 0 heterocycles. The maximum atomic E-state index is 12.8. The van der Waals surface area contributed by atoms with Crippen LogP contribution in [0.25, 0.3) is 0 Å². The number of aliphatic carboxylic acids is 1. The van der Waals surface area contributed by atoms with Gasteiger partial charge in [0.05, 0.1) is 0 Å². The van der Waals surface area contributed by atoms with Crippen molar-refractivity contribution in [2.75, 3.05) is 26.7 Å². The van der Waals surface area contributed by atoms with Crippen LogP contribution < -0.4 is 5.32 Å². The largest absolute Gasteiger partial charge is 0.480 e. The third kappa shape index (κ3) is 5.58. The highest BCUT2D eigenvalue weighted by Gasteiger charge is 2.26. The van der Waals surface area contributed by atoms with E-state index in [1.165, 1.54) is 30.9 Å². The fourth-order valence-electron chi connectivity index (χ4n) is 2.27. The van der Waals surface area contributed by atoms with E-state index in [2.05, 4.69) is 5.32 Å². The van der Waals surface area contributed by atoms with Crippen molar-refractivity contribution in [1.82, 2.24) is 15.1 Å². The Morgan fingerprint density at radius 3 is 2.23 bits per heavy atom. The van der Waals surface area contributed by atoms with Crippen molar-refractivity contribution in [2.24, 2.45) is 0 Å². The molecule has 8 heteroatoms. The van der Waals surface area contributed by atoms with Crippen LogP contribution in [0.2, 0.25) is 0 Å². The Morgan fingerprint density at radius 2 is 1.73 bits per heavy atom. The van der Waals surface area contributed by atoms with E-state index in [1.54, 1.807) is 19.2 Å². The number of amides is 3. The molecular formula is C18H25N3O5. The molecule has 0 aliphatic carbocycles. The van der Waals surface area contributed by atoms with Gasteiger partial charge in [-0.2, -0.15) is 0 Å². The Balaban J connectivity index is 3.08. The van der Waals surface area contributed by atoms with Crippen molar-refractivity contribution in [2.45, 2.75) is 26.8 Å². The van der Waals surface area contributed by atoms with Gasteiger partial charge in [0.15, 0.2) is 0 Å². The van der Waals surface area contributed by atoms with Gasteiger partial charge in [0.1, 0.15) is 6.04 Å². The lowest BCUT2D eigenvalue weighted by atomic mass is 10.1. The van der Waals surface area contributed by atoms with Crippen LogP contribution in [0.4, 0.5) is 0 Å². The number of carboxylic acids is 1. The van der Waals surface area contributed by atoms with Gasteiger partial charge in [0.25, 0.3) is 11.8 Å². The maximum absolute atomic E-state index is 12.8. The third-order valence-corrected chi connectivity index (χ3v) is 3.99. The molecule has 8 nitrogen and oxygen atoms in total. The van der Waals surface area contributed by atoms with E-state index in [9.17, 15) is 24.3 Å². The smallest absolute Gasteiger partial charge is 0.326 e. The van der Waals surface area contributed by atoms with Crippen LogP contribution in [0.1, 0.15) is 41.5 Å². The van der Waals surface area contributed by atoms with E-state index in [0.717, 1.165) is 4.90 Å². The van der Waals surface area contributed by atoms with Gasteiger partial charge in [-0.05, 0) is 32.0 Å². The number of carboxylic acid groups (broad SMARTS) is 1. The van der Waals surface area contributed by atoms with Gasteiger partial charge in [-0.25, -0.2) is 4.79 Å². The molecule has 0 fully saturated rings. The molecule has 142 valence electrons. The highest BCUT2D eigenvalue weighted by atomic mass is 16.4. The molecule has 1 rings (SSSR count). The van der Waals surface area contributed by atoms with Crippen molar-refractivity contribution < 1.29 is 24.3 Å². The van der Waals surface area contributed by atoms with Crippen molar-refractivity contribution in [1.29, 1.82) is 0 Å². The Hall–Kier alpha value is -2.90. The number of carbonyl (C=O) groups is 4. The first-order valence-corrected chi connectivity index (χ1v) is 8.32. The fraction of sp³-hybridized carbons (Fsp3) is 0.444. The molecule has 0 spiro atoms. The van der Waals surface area contributed by atoms with Crippen LogP contribution in [-0.2, 0) is 9.59 Å². The summed E-state index contributed by atoms with van der Waals surface area (Å²) in [7, 11) is 1.66. The number of hydrogen-bond acceptors (Lipinski definition) is 4. The first-order chi connectivity index (χ1) is 12.2. The monoisotopic (exact) mass is 363 g/mol. The summed E-state index contributed by atoms with van der Waals surface area (Å²) in [5, 5.41) is 11.8. The van der Waals surface area contributed by atoms with E-state index in [0.29, 0.717) is 12.1 Å². The van der Waals surface area contributed by atoms with Gasteiger partial charge in [-0.15, -0.1) is 0 Å². The zero-order chi connectivity index (χ0) is 19.9.